The molecule has 0 aliphatic carbocycles. The van der Waals surface area contributed by atoms with Crippen molar-refractivity contribution in [2.45, 2.75) is 32.1 Å². The monoisotopic (exact) mass is 159 g/mol. The van der Waals surface area contributed by atoms with Gasteiger partial charge < -0.3 is 9.84 Å². The van der Waals surface area contributed by atoms with Crippen molar-refractivity contribution in [1.29, 1.82) is 0 Å². The minimum absolute atomic E-state index is 0.311. The smallest absolute Gasteiger partial charge is 0.348 e. The lowest BCUT2D eigenvalue weighted by Gasteiger charge is -2.34. The van der Waals surface area contributed by atoms with Gasteiger partial charge in [0.15, 0.2) is 0 Å². The molecule has 1 aliphatic rings. The zero-order chi connectivity index (χ0) is 8.48. The van der Waals surface area contributed by atoms with Gasteiger partial charge in [-0.1, -0.05) is 0 Å². The molecule has 0 radical (unpaired) electrons. The number of nitrogens with one attached hydrogen (secondary N) is 1. The highest BCUT2D eigenvalue weighted by molar-refractivity contribution is 5.71. The fourth-order valence-corrected chi connectivity index (χ4v) is 1.06. The van der Waals surface area contributed by atoms with Crippen LogP contribution in [0.4, 0.5) is 0 Å². The molecule has 1 rings (SSSR count). The maximum absolute atomic E-state index is 10.5. The molecule has 0 saturated carbocycles. The lowest BCUT2D eigenvalue weighted by Crippen LogP contribution is -2.51. The van der Waals surface area contributed by atoms with Gasteiger partial charge in [-0.25, -0.2) is 4.79 Å². The standard InChI is InChI=1S/C7H13NO3/c1-7(2)3-4-8-5(11-7)6(9)10/h5,8H,3-4H2,1-2H3,(H,9,10). The van der Waals surface area contributed by atoms with E-state index in [1.807, 2.05) is 13.8 Å². The van der Waals surface area contributed by atoms with Gasteiger partial charge in [-0.15, -0.1) is 0 Å². The van der Waals surface area contributed by atoms with Gasteiger partial charge >= 0.3 is 5.97 Å². The molecular formula is C7H13NO3. The molecule has 1 fully saturated rings. The summed E-state index contributed by atoms with van der Waals surface area (Å²) in [6, 6.07) is 0. The Morgan fingerprint density at radius 1 is 1.73 bits per heavy atom. The molecule has 0 aromatic rings. The van der Waals surface area contributed by atoms with Gasteiger partial charge in [-0.3, -0.25) is 5.32 Å². The highest BCUT2D eigenvalue weighted by atomic mass is 16.5. The van der Waals surface area contributed by atoms with Crippen molar-refractivity contribution < 1.29 is 14.6 Å². The zero-order valence-corrected chi connectivity index (χ0v) is 6.76. The summed E-state index contributed by atoms with van der Waals surface area (Å²) in [6.45, 7) is 4.48. The van der Waals surface area contributed by atoms with Gasteiger partial charge in [0.25, 0.3) is 0 Å². The third kappa shape index (κ3) is 2.17. The summed E-state index contributed by atoms with van der Waals surface area (Å²) in [5, 5.41) is 11.3. The maximum atomic E-state index is 10.5. The first-order valence-corrected chi connectivity index (χ1v) is 3.65. The summed E-state index contributed by atoms with van der Waals surface area (Å²) < 4.78 is 5.22. The number of carboxylic acid groups (broad SMARTS) is 1. The van der Waals surface area contributed by atoms with E-state index in [1.165, 1.54) is 0 Å². The van der Waals surface area contributed by atoms with Crippen LogP contribution in [0.1, 0.15) is 20.3 Å². The highest BCUT2D eigenvalue weighted by Gasteiger charge is 2.31. The Hall–Kier alpha value is -0.610. The first-order valence-electron chi connectivity index (χ1n) is 3.65. The Morgan fingerprint density at radius 2 is 2.36 bits per heavy atom. The number of carboxylic acids is 1. The van der Waals surface area contributed by atoms with E-state index >= 15 is 0 Å². The molecule has 2 N–H and O–H groups in total. The summed E-state index contributed by atoms with van der Waals surface area (Å²) in [4.78, 5) is 10.5. The van der Waals surface area contributed by atoms with Crippen molar-refractivity contribution >= 4 is 5.97 Å². The molecule has 0 spiro atoms. The predicted octanol–water partition coefficient (Wildman–Crippen LogP) is 0.186. The second-order valence-corrected chi connectivity index (χ2v) is 3.30. The Bertz CT molecular complexity index is 167. The van der Waals surface area contributed by atoms with Crippen LogP contribution in [0.15, 0.2) is 0 Å². The third-order valence-electron chi connectivity index (χ3n) is 1.72. The van der Waals surface area contributed by atoms with Crippen molar-refractivity contribution in [3.63, 3.8) is 0 Å². The predicted molar refractivity (Wildman–Crippen MR) is 39.2 cm³/mol. The van der Waals surface area contributed by atoms with E-state index in [2.05, 4.69) is 5.32 Å². The van der Waals surface area contributed by atoms with Gasteiger partial charge in [-0.2, -0.15) is 0 Å². The Morgan fingerprint density at radius 3 is 2.73 bits per heavy atom. The minimum Gasteiger partial charge on any atom is -0.478 e. The van der Waals surface area contributed by atoms with Crippen LogP contribution in [0.5, 0.6) is 0 Å². The molecule has 11 heavy (non-hydrogen) atoms. The van der Waals surface area contributed by atoms with Crippen molar-refractivity contribution in [2.24, 2.45) is 0 Å². The molecule has 4 nitrogen and oxygen atoms in total. The van der Waals surface area contributed by atoms with E-state index in [9.17, 15) is 4.79 Å². The molecule has 0 aromatic carbocycles. The first kappa shape index (κ1) is 8.49. The molecule has 0 amide bonds. The average Bonchev–Trinajstić information content (AvgIpc) is 1.85. The number of hydrogen-bond acceptors (Lipinski definition) is 3. The van der Waals surface area contributed by atoms with Gasteiger partial charge in [-0.05, 0) is 20.3 Å². The van der Waals surface area contributed by atoms with Crippen LogP contribution in [0.2, 0.25) is 0 Å². The summed E-state index contributed by atoms with van der Waals surface area (Å²) in [5.41, 5.74) is -0.311. The normalized spacial score (nSPS) is 29.8. The van der Waals surface area contributed by atoms with Crippen LogP contribution < -0.4 is 5.32 Å². The molecule has 1 heterocycles. The topological polar surface area (TPSA) is 58.6 Å². The Balaban J connectivity index is 2.53. The molecule has 64 valence electrons. The molecular weight excluding hydrogens is 146 g/mol. The SMILES string of the molecule is CC1(C)CCNC(C(=O)O)O1. The van der Waals surface area contributed by atoms with Crippen molar-refractivity contribution in [1.82, 2.24) is 5.32 Å². The summed E-state index contributed by atoms with van der Waals surface area (Å²) >= 11 is 0. The number of hydrogen-bond donors (Lipinski definition) is 2. The van der Waals surface area contributed by atoms with Gasteiger partial charge in [0.1, 0.15) is 0 Å². The fraction of sp³-hybridized carbons (Fsp3) is 0.857. The average molecular weight is 159 g/mol. The fourth-order valence-electron chi connectivity index (χ4n) is 1.06. The van der Waals surface area contributed by atoms with Crippen LogP contribution in [-0.2, 0) is 9.53 Å². The van der Waals surface area contributed by atoms with E-state index < -0.39 is 12.2 Å². The first-order chi connectivity index (χ1) is 5.01. The van der Waals surface area contributed by atoms with E-state index in [0.29, 0.717) is 6.54 Å². The second-order valence-electron chi connectivity index (χ2n) is 3.30. The number of ether oxygens (including phenoxy) is 1. The molecule has 1 aliphatic heterocycles. The van der Waals surface area contributed by atoms with E-state index in [-0.39, 0.29) is 5.60 Å². The van der Waals surface area contributed by atoms with Gasteiger partial charge in [0.2, 0.25) is 6.23 Å². The minimum atomic E-state index is -0.947. The van der Waals surface area contributed by atoms with E-state index in [1.54, 1.807) is 0 Å². The largest absolute Gasteiger partial charge is 0.478 e. The van der Waals surface area contributed by atoms with Crippen molar-refractivity contribution in [3.8, 4) is 0 Å². The van der Waals surface area contributed by atoms with E-state index in [0.717, 1.165) is 6.42 Å². The number of aliphatic carboxylic acids is 1. The molecule has 0 aromatic heterocycles. The summed E-state index contributed by atoms with van der Waals surface area (Å²) in [6.07, 6.45) is 0.00954. The summed E-state index contributed by atoms with van der Waals surface area (Å²) in [5.74, 6) is -0.947. The molecule has 1 atom stereocenters. The van der Waals surface area contributed by atoms with Crippen molar-refractivity contribution in [2.75, 3.05) is 6.54 Å². The van der Waals surface area contributed by atoms with Crippen LogP contribution in [0.3, 0.4) is 0 Å². The van der Waals surface area contributed by atoms with Gasteiger partial charge in [0, 0.05) is 6.54 Å². The maximum Gasteiger partial charge on any atom is 0.348 e. The van der Waals surface area contributed by atoms with Crippen LogP contribution >= 0.6 is 0 Å². The summed E-state index contributed by atoms with van der Waals surface area (Å²) in [7, 11) is 0. The van der Waals surface area contributed by atoms with Crippen LogP contribution in [0.25, 0.3) is 0 Å². The van der Waals surface area contributed by atoms with Crippen molar-refractivity contribution in [3.05, 3.63) is 0 Å². The molecule has 1 saturated heterocycles. The van der Waals surface area contributed by atoms with Gasteiger partial charge in [0.05, 0.1) is 5.60 Å². The number of carbonyl (C=O) groups is 1. The lowest BCUT2D eigenvalue weighted by atomic mass is 10.0. The highest BCUT2D eigenvalue weighted by Crippen LogP contribution is 2.19. The quantitative estimate of drug-likeness (QED) is 0.573. The third-order valence-corrected chi connectivity index (χ3v) is 1.72. The van der Waals surface area contributed by atoms with Crippen LogP contribution in [0, 0.1) is 0 Å². The molecule has 4 heteroatoms. The second kappa shape index (κ2) is 2.79. The molecule has 0 bridgehead atoms. The van der Waals surface area contributed by atoms with E-state index in [4.69, 9.17) is 9.84 Å². The Kier molecular flexibility index (Phi) is 2.15. The molecule has 1 unspecified atom stereocenters. The Labute approximate surface area is 65.5 Å². The zero-order valence-electron chi connectivity index (χ0n) is 6.76. The number of rotatable bonds is 1. The lowest BCUT2D eigenvalue weighted by molar-refractivity contribution is -0.173. The van der Waals surface area contributed by atoms with Crippen LogP contribution in [-0.4, -0.2) is 29.4 Å².